The zero-order valence-electron chi connectivity index (χ0n) is 77.3. The maximum absolute atomic E-state index is 14.9. The van der Waals surface area contributed by atoms with E-state index in [1.165, 1.54) is 18.3 Å². The van der Waals surface area contributed by atoms with Crippen molar-refractivity contribution in [2.75, 3.05) is 123 Å². The number of cyclic esters (lactones) is 1. The van der Waals surface area contributed by atoms with Gasteiger partial charge in [-0.1, -0.05) is 89.3 Å². The lowest BCUT2D eigenvalue weighted by Gasteiger charge is -2.43. The monoisotopic (exact) mass is 1810 g/mol. The number of hydrogen-bond acceptors (Lipinski definition) is 29. The average Bonchev–Trinajstić information content (AvgIpc) is 1.57. The Morgan fingerprint density at radius 2 is 1.46 bits per heavy atom. The highest BCUT2D eigenvalue weighted by Gasteiger charge is 2.53. The van der Waals surface area contributed by atoms with E-state index in [4.69, 9.17) is 54.1 Å². The van der Waals surface area contributed by atoms with Crippen LogP contribution in [0.4, 0.5) is 22.6 Å². The molecule has 8 N–H and O–H groups in total. The molecule has 5 fully saturated rings. The molecule has 0 spiro atoms. The lowest BCUT2D eigenvalue weighted by molar-refractivity contribution is -0.265. The van der Waals surface area contributed by atoms with Crippen LogP contribution in [0.5, 0.6) is 0 Å². The third-order valence-electron chi connectivity index (χ3n) is 27.4. The van der Waals surface area contributed by atoms with Crippen LogP contribution in [0.3, 0.4) is 0 Å². The Morgan fingerprint density at radius 3 is 2.20 bits per heavy atom. The van der Waals surface area contributed by atoms with E-state index in [0.29, 0.717) is 200 Å². The fourth-order valence-electron chi connectivity index (χ4n) is 19.4. The molecule has 35 heteroatoms. The fourth-order valence-corrected chi connectivity index (χ4v) is 19.4. The number of methoxy groups -OCH3 is 3. The van der Waals surface area contributed by atoms with E-state index in [1.807, 2.05) is 101 Å². The van der Waals surface area contributed by atoms with Crippen LogP contribution in [-0.2, 0) is 92.8 Å². The second kappa shape index (κ2) is 45.3. The molecule has 7 aliphatic rings. The van der Waals surface area contributed by atoms with E-state index in [2.05, 4.69) is 47.3 Å². The number of aliphatic hydroxyl groups is 3. The standard InChI is InChI=1S/C96H132N16O19/c1-58-16-12-11-13-17-59(2)77(124-8)50-71-24-19-64(7)96(123,131-71)88(119)91(120)111-31-15-14-18-73(111)92(121)128-78(51-74(113)60(3)45-63(6)86(118)87(126-10)85(117)62(5)44-58)61(4)46-65-21-25-76(79(48-65)125-9)130-95(122)101-54-67-52-99-94(100-53-67)109-39-37-108(38-40-109)82(116)30-42-127-43-41-106-33-35-107(36-34-106)80(114)27-28-81(115)110-32-29-68-47-66(20-22-70(68)56-110)55-112-90-83(89(97)102-57-103-90)84(105-112)69-23-26-75-72(49-69)104-93(98)129-75/h11-13,16-17,20,22-23,26,45,47,49,52-53,57-58,60-62,64-65,71,73-74,76-79,86-87,113,118,123H,14-15,18-19,21,24-25,27-44,46,48,50-51,54-56H2,1-10H3,(H2,98,104)(H,101,122)(H2,97,102,103)/b13-11+,16-12+,59-17+,63-45+/t58-,60-,61-,62-,64-,65+,71+,73+,74-,76-,77+,78+,79-,86-,87+,96-/m1/s1. The number of piperidine rings is 1. The first-order valence-electron chi connectivity index (χ1n) is 46.5. The van der Waals surface area contributed by atoms with Gasteiger partial charge in [0.25, 0.3) is 17.7 Å². The molecule has 2 bridgehead atoms. The predicted molar refractivity (Wildman–Crippen MR) is 488 cm³/mol. The number of rotatable bonds is 22. The highest BCUT2D eigenvalue weighted by molar-refractivity contribution is 6.39. The molecule has 10 heterocycles. The van der Waals surface area contributed by atoms with E-state index in [0.717, 1.165) is 27.8 Å². The zero-order chi connectivity index (χ0) is 93.3. The van der Waals surface area contributed by atoms with Crippen molar-refractivity contribution in [3.8, 4) is 11.3 Å². The van der Waals surface area contributed by atoms with Crippen LogP contribution in [0.1, 0.15) is 167 Å². The summed E-state index contributed by atoms with van der Waals surface area (Å²) in [5.74, 6) is -7.32. The molecule has 2 aromatic carbocycles. The molecule has 0 unspecified atom stereocenters. The van der Waals surface area contributed by atoms with Crippen LogP contribution in [-0.4, -0.2) is 289 Å². The first-order chi connectivity index (χ1) is 62.9. The summed E-state index contributed by atoms with van der Waals surface area (Å²) in [6.07, 6.45) is 14.5. The first kappa shape index (κ1) is 98.0. The lowest BCUT2D eigenvalue weighted by atomic mass is 9.78. The van der Waals surface area contributed by atoms with Crippen molar-refractivity contribution in [1.29, 1.82) is 0 Å². The van der Waals surface area contributed by atoms with E-state index in [9.17, 15) is 53.7 Å². The van der Waals surface area contributed by atoms with E-state index in [-0.39, 0.29) is 99.6 Å². The summed E-state index contributed by atoms with van der Waals surface area (Å²) in [6, 6.07) is 10.6. The van der Waals surface area contributed by atoms with Gasteiger partial charge in [0.2, 0.25) is 29.5 Å². The Morgan fingerprint density at radius 1 is 0.718 bits per heavy atom. The smallest absolute Gasteiger partial charge is 0.407 e. The normalized spacial score (nSPS) is 28.6. The van der Waals surface area contributed by atoms with Gasteiger partial charge in [0.15, 0.2) is 17.0 Å². The summed E-state index contributed by atoms with van der Waals surface area (Å²) < 4.78 is 49.5. The van der Waals surface area contributed by atoms with Gasteiger partial charge in [-0.3, -0.25) is 33.7 Å². The number of Topliss-reactive ketones (excluding diaryl/α,β-unsaturated/α-hetero) is 2. The maximum atomic E-state index is 14.9. The minimum atomic E-state index is -2.48. The first-order valence-corrected chi connectivity index (χ1v) is 46.5. The molecule has 13 rings (SSSR count). The second-order valence-corrected chi connectivity index (χ2v) is 36.7. The number of nitrogen functional groups attached to an aromatic ring is 2. The number of esters is 1. The zero-order valence-corrected chi connectivity index (χ0v) is 77.3. The number of aliphatic hydroxyl groups excluding tert-OH is 2. The Balaban J connectivity index is 0.521. The topological polar surface area (TPSA) is 441 Å². The third kappa shape index (κ3) is 24.7. The molecule has 16 atom stereocenters. The van der Waals surface area contributed by atoms with Gasteiger partial charge in [0.1, 0.15) is 53.8 Å². The molecule has 710 valence electrons. The Labute approximate surface area is 765 Å². The fraction of sp³-hybridized carbons (Fsp3) is 0.604. The summed E-state index contributed by atoms with van der Waals surface area (Å²) in [4.78, 5) is 145. The molecular weight excluding hydrogens is 1680 g/mol. The number of hydrogen-bond donors (Lipinski definition) is 6. The average molecular weight is 1810 g/mol. The molecule has 4 saturated heterocycles. The summed E-state index contributed by atoms with van der Waals surface area (Å²) in [7, 11) is 4.52. The van der Waals surface area contributed by atoms with Gasteiger partial charge < -0.3 is 94.2 Å². The number of ether oxygens (including phenoxy) is 7. The SMILES string of the molecule is CO[C@H]1C[C@@H]2CC[C@@H](C)[C@@](O)(O2)C(=O)C(=O)N2CCCC[C@H]2C(=O)O[C@H]([C@H](C)C[C@@H]2CC[C@@H](OC(=O)NCc3cnc(N4CCN(C(=O)CCOCCN5CCN(C(=O)CCC(=O)N6CCc7cc(Cn8nc(-c9ccc%10oc(N)nc%10c9)c9c(N)ncnc98)ccc7C6)CC5)CC4)nc3)[C@H](OC)C2)C[C@@H](O)[C@H](C)/C=C(\C)[C@@H](O)[C@@H](OC)C(=O)[C@H](C)C[C@H](C)/C=C/C=C/C=C/1C. The van der Waals surface area contributed by atoms with Crippen molar-refractivity contribution in [2.24, 2.45) is 35.5 Å². The van der Waals surface area contributed by atoms with Gasteiger partial charge in [-0.15, -0.1) is 0 Å². The Kier molecular flexibility index (Phi) is 33.9. The van der Waals surface area contributed by atoms with E-state index in [1.54, 1.807) is 59.5 Å². The number of fused-ring (bicyclic) bond motifs is 6. The predicted octanol–water partition coefficient (Wildman–Crippen LogP) is 8.42. The van der Waals surface area contributed by atoms with Gasteiger partial charge in [0.05, 0.1) is 56.0 Å². The maximum Gasteiger partial charge on any atom is 0.407 e. The van der Waals surface area contributed by atoms with Crippen LogP contribution >= 0.6 is 0 Å². The number of nitrogens with one attached hydrogen (secondary N) is 1. The lowest BCUT2D eigenvalue weighted by Crippen LogP contribution is -2.61. The van der Waals surface area contributed by atoms with Gasteiger partial charge in [-0.05, 0) is 148 Å². The van der Waals surface area contributed by atoms with E-state index < -0.39 is 108 Å². The molecule has 1 aliphatic carbocycles. The highest BCUT2D eigenvalue weighted by Crippen LogP contribution is 2.40. The van der Waals surface area contributed by atoms with Crippen molar-refractivity contribution >= 4 is 87.2 Å². The van der Waals surface area contributed by atoms with Crippen LogP contribution < -0.4 is 21.7 Å². The van der Waals surface area contributed by atoms with Crippen LogP contribution in [0.2, 0.25) is 0 Å². The Hall–Kier alpha value is -10.5. The number of nitrogens with zero attached hydrogens (tertiary/aromatic N) is 13. The second-order valence-electron chi connectivity index (χ2n) is 36.7. The van der Waals surface area contributed by atoms with Gasteiger partial charge in [-0.2, -0.15) is 10.1 Å². The minimum Gasteiger partial charge on any atom is -0.460 e. The minimum absolute atomic E-state index is 0.00261. The molecule has 6 aromatic rings. The van der Waals surface area contributed by atoms with Crippen LogP contribution in [0, 0.1) is 35.5 Å². The quantitative estimate of drug-likeness (QED) is 0.0161. The van der Waals surface area contributed by atoms with E-state index >= 15 is 0 Å². The number of allylic oxidation sites excluding steroid dienone is 5. The van der Waals surface area contributed by atoms with Gasteiger partial charge in [0, 0.05) is 173 Å². The number of ketones is 2. The number of carbonyl (C=O) groups is 8. The summed E-state index contributed by atoms with van der Waals surface area (Å²) in [5.41, 5.74) is 20.5. The van der Waals surface area contributed by atoms with Crippen molar-refractivity contribution in [3.05, 3.63) is 125 Å². The third-order valence-corrected chi connectivity index (χ3v) is 27.4. The number of piperazine rings is 2. The van der Waals surface area contributed by atoms with Crippen molar-refractivity contribution in [1.82, 2.24) is 64.5 Å². The summed E-state index contributed by atoms with van der Waals surface area (Å²) >= 11 is 0. The number of oxazole rings is 1. The van der Waals surface area contributed by atoms with Crippen molar-refractivity contribution < 1.29 is 91.3 Å². The highest BCUT2D eigenvalue weighted by atomic mass is 16.6. The number of alkyl carbamates (subject to hydrolysis) is 1. The number of aromatic nitrogens is 7. The van der Waals surface area contributed by atoms with Crippen LogP contribution in [0.15, 0.2) is 107 Å². The molecule has 131 heavy (non-hydrogen) atoms. The van der Waals surface area contributed by atoms with Gasteiger partial charge >= 0.3 is 12.1 Å². The molecule has 6 aliphatic heterocycles. The van der Waals surface area contributed by atoms with Gasteiger partial charge in [-0.25, -0.2) is 34.2 Å². The van der Waals surface area contributed by atoms with Crippen molar-refractivity contribution in [3.63, 3.8) is 0 Å². The number of carbonyl (C=O) groups excluding carboxylic acids is 8. The Bertz CT molecular complexity index is 5100. The molecule has 4 aromatic heterocycles. The molecule has 1 saturated carbocycles. The molecule has 5 amide bonds. The summed E-state index contributed by atoms with van der Waals surface area (Å²) in [6.45, 7) is 20.2. The largest absolute Gasteiger partial charge is 0.460 e. The number of amides is 5. The molecule has 0 radical (unpaired) electrons. The van der Waals surface area contributed by atoms with Crippen LogP contribution in [0.25, 0.3) is 33.4 Å². The molecule has 35 nitrogen and oxygen atoms in total. The number of nitrogens with two attached hydrogens (primary N) is 2. The molecular formula is C96H132N16O19. The number of benzene rings is 2. The summed E-state index contributed by atoms with van der Waals surface area (Å²) in [5, 5.41) is 44.5. The van der Waals surface area contributed by atoms with Crippen molar-refractivity contribution in [2.45, 2.75) is 231 Å². The number of anilines is 3.